The van der Waals surface area contributed by atoms with Crippen molar-refractivity contribution in [1.82, 2.24) is 15.5 Å². The van der Waals surface area contributed by atoms with Crippen molar-refractivity contribution in [1.29, 1.82) is 0 Å². The molecule has 0 amide bonds. The van der Waals surface area contributed by atoms with Crippen LogP contribution in [0.4, 0.5) is 13.2 Å². The van der Waals surface area contributed by atoms with E-state index in [1.807, 2.05) is 6.92 Å². The molecule has 0 atom stereocenters. The number of ether oxygens (including phenoxy) is 1. The summed E-state index contributed by atoms with van der Waals surface area (Å²) in [5.74, 6) is 1.34. The summed E-state index contributed by atoms with van der Waals surface area (Å²) in [6.45, 7) is 8.42. The number of likely N-dealkylation sites (tertiary alicyclic amines) is 1. The van der Waals surface area contributed by atoms with Gasteiger partial charge < -0.3 is 15.4 Å². The highest BCUT2D eigenvalue weighted by molar-refractivity contribution is 5.79. The fraction of sp³-hybridized carbons (Fsp3) is 0.955. The fourth-order valence-corrected chi connectivity index (χ4v) is 4.72. The molecule has 0 unspecified atom stereocenters. The monoisotopic (exact) mass is 434 g/mol. The van der Waals surface area contributed by atoms with E-state index in [4.69, 9.17) is 9.73 Å². The zero-order valence-corrected chi connectivity index (χ0v) is 18.8. The van der Waals surface area contributed by atoms with Gasteiger partial charge in [0.25, 0.3) is 0 Å². The predicted molar refractivity (Wildman–Crippen MR) is 116 cm³/mol. The maximum Gasteiger partial charge on any atom is 0.401 e. The minimum atomic E-state index is -4.09. The van der Waals surface area contributed by atoms with Gasteiger partial charge in [-0.25, -0.2) is 0 Å². The Morgan fingerprint density at radius 1 is 1.13 bits per heavy atom. The number of hydrogen-bond acceptors (Lipinski definition) is 3. The molecular formula is C22H41F3N4O. The van der Waals surface area contributed by atoms with Crippen LogP contribution in [-0.2, 0) is 4.74 Å². The Labute approximate surface area is 180 Å². The average Bonchev–Trinajstić information content (AvgIpc) is 3.16. The van der Waals surface area contributed by atoms with Crippen LogP contribution in [0, 0.1) is 11.3 Å². The van der Waals surface area contributed by atoms with Crippen LogP contribution in [0.1, 0.15) is 65.2 Å². The molecule has 1 saturated heterocycles. The second-order valence-corrected chi connectivity index (χ2v) is 8.90. The van der Waals surface area contributed by atoms with E-state index in [1.54, 1.807) is 0 Å². The minimum absolute atomic E-state index is 0.267. The second-order valence-electron chi connectivity index (χ2n) is 8.90. The molecule has 5 nitrogen and oxygen atoms in total. The van der Waals surface area contributed by atoms with Crippen LogP contribution >= 0.6 is 0 Å². The maximum atomic E-state index is 12.5. The molecule has 30 heavy (non-hydrogen) atoms. The quantitative estimate of drug-likeness (QED) is 0.291. The van der Waals surface area contributed by atoms with Gasteiger partial charge >= 0.3 is 6.18 Å². The molecule has 2 fully saturated rings. The Morgan fingerprint density at radius 2 is 1.83 bits per heavy atom. The molecule has 0 radical (unpaired) electrons. The molecule has 0 spiro atoms. The number of halogens is 3. The molecule has 0 aromatic rings. The van der Waals surface area contributed by atoms with E-state index < -0.39 is 12.7 Å². The van der Waals surface area contributed by atoms with Crippen LogP contribution in [0.15, 0.2) is 4.99 Å². The van der Waals surface area contributed by atoms with E-state index in [-0.39, 0.29) is 5.41 Å². The first-order chi connectivity index (χ1) is 14.4. The average molecular weight is 435 g/mol. The number of nitrogens with one attached hydrogen (secondary N) is 2. The van der Waals surface area contributed by atoms with Crippen molar-refractivity contribution in [2.75, 3.05) is 52.5 Å². The van der Waals surface area contributed by atoms with E-state index in [1.165, 1.54) is 30.6 Å². The van der Waals surface area contributed by atoms with Crippen LogP contribution in [0.25, 0.3) is 0 Å². The number of aliphatic imine (C=N–C) groups is 1. The number of nitrogens with zero attached hydrogens (tertiary/aromatic N) is 2. The maximum absolute atomic E-state index is 12.5. The minimum Gasteiger partial charge on any atom is -0.382 e. The van der Waals surface area contributed by atoms with Gasteiger partial charge in [-0.3, -0.25) is 9.89 Å². The smallest absolute Gasteiger partial charge is 0.382 e. The third-order valence-corrected chi connectivity index (χ3v) is 6.52. The first kappa shape index (κ1) is 25.2. The zero-order chi connectivity index (χ0) is 21.9. The lowest BCUT2D eigenvalue weighted by molar-refractivity contribution is -0.148. The normalized spacial score (nSPS) is 21.2. The molecule has 1 heterocycles. The number of rotatable bonds is 11. The lowest BCUT2D eigenvalue weighted by Crippen LogP contribution is -2.42. The molecule has 0 aromatic carbocycles. The van der Waals surface area contributed by atoms with Gasteiger partial charge in [0.1, 0.15) is 0 Å². The third-order valence-electron chi connectivity index (χ3n) is 6.52. The molecule has 1 aliphatic carbocycles. The summed E-state index contributed by atoms with van der Waals surface area (Å²) in [5, 5.41) is 6.78. The van der Waals surface area contributed by atoms with E-state index in [0.29, 0.717) is 19.0 Å². The van der Waals surface area contributed by atoms with E-state index in [2.05, 4.69) is 17.6 Å². The van der Waals surface area contributed by atoms with Gasteiger partial charge in [-0.2, -0.15) is 13.2 Å². The van der Waals surface area contributed by atoms with Gasteiger partial charge in [-0.15, -0.1) is 0 Å². The van der Waals surface area contributed by atoms with Crippen molar-refractivity contribution < 1.29 is 17.9 Å². The molecule has 1 saturated carbocycles. The van der Waals surface area contributed by atoms with Crippen LogP contribution in [-0.4, -0.2) is 69.5 Å². The number of piperidine rings is 1. The molecule has 1 aliphatic heterocycles. The molecule has 2 aliphatic rings. The second kappa shape index (κ2) is 12.7. The van der Waals surface area contributed by atoms with Gasteiger partial charge in [0.15, 0.2) is 5.96 Å². The largest absolute Gasteiger partial charge is 0.401 e. The summed E-state index contributed by atoms with van der Waals surface area (Å²) >= 11 is 0. The Kier molecular flexibility index (Phi) is 10.7. The van der Waals surface area contributed by atoms with E-state index in [0.717, 1.165) is 64.5 Å². The lowest BCUT2D eigenvalue weighted by atomic mass is 9.83. The number of guanidine groups is 1. The molecule has 2 N–H and O–H groups in total. The van der Waals surface area contributed by atoms with E-state index >= 15 is 0 Å². The van der Waals surface area contributed by atoms with Crippen molar-refractivity contribution in [2.24, 2.45) is 16.3 Å². The van der Waals surface area contributed by atoms with Gasteiger partial charge in [0.2, 0.25) is 0 Å². The molecule has 8 heteroatoms. The topological polar surface area (TPSA) is 48.9 Å². The van der Waals surface area contributed by atoms with Crippen molar-refractivity contribution in [3.8, 4) is 0 Å². The van der Waals surface area contributed by atoms with Gasteiger partial charge in [-0.05, 0) is 76.8 Å². The Hall–Kier alpha value is -1.02. The summed E-state index contributed by atoms with van der Waals surface area (Å²) in [7, 11) is 0. The van der Waals surface area contributed by atoms with Gasteiger partial charge in [-0.1, -0.05) is 12.8 Å². The summed E-state index contributed by atoms with van der Waals surface area (Å²) in [6.07, 6.45) is 4.62. The van der Waals surface area contributed by atoms with Crippen molar-refractivity contribution >= 4 is 5.96 Å². The summed E-state index contributed by atoms with van der Waals surface area (Å²) < 4.78 is 43.2. The molecule has 0 aromatic heterocycles. The first-order valence-electron chi connectivity index (χ1n) is 11.7. The fourth-order valence-electron chi connectivity index (χ4n) is 4.72. The Balaban J connectivity index is 1.74. The molecule has 0 bridgehead atoms. The standard InChI is InChI=1S/C22H41F3N4O/c1-3-26-20(28-17-21(10-5-6-11-21)12-16-30-4-2)27-13-7-19-8-14-29(15-9-19)18-22(23,24)25/h19H,3-18H2,1-2H3,(H2,26,27,28). The molecule has 176 valence electrons. The van der Waals surface area contributed by atoms with Crippen molar-refractivity contribution in [3.63, 3.8) is 0 Å². The van der Waals surface area contributed by atoms with Crippen LogP contribution < -0.4 is 10.6 Å². The third kappa shape index (κ3) is 9.41. The molecular weight excluding hydrogens is 393 g/mol. The Morgan fingerprint density at radius 3 is 2.43 bits per heavy atom. The summed E-state index contributed by atoms with van der Waals surface area (Å²) in [4.78, 5) is 6.41. The van der Waals surface area contributed by atoms with Gasteiger partial charge in [0.05, 0.1) is 6.54 Å². The zero-order valence-electron chi connectivity index (χ0n) is 18.8. The van der Waals surface area contributed by atoms with Crippen LogP contribution in [0.5, 0.6) is 0 Å². The SMILES string of the molecule is CCNC(=NCC1(CCOCC)CCCC1)NCCC1CCN(CC(F)(F)F)CC1. The summed E-state index contributed by atoms with van der Waals surface area (Å²) in [5.41, 5.74) is 0.267. The molecule has 2 rings (SSSR count). The van der Waals surface area contributed by atoms with Crippen LogP contribution in [0.3, 0.4) is 0 Å². The number of hydrogen-bond donors (Lipinski definition) is 2. The lowest BCUT2D eigenvalue weighted by Gasteiger charge is -2.32. The van der Waals surface area contributed by atoms with Gasteiger partial charge in [0, 0.05) is 32.8 Å². The van der Waals surface area contributed by atoms with Crippen LogP contribution in [0.2, 0.25) is 0 Å². The Bertz CT molecular complexity index is 499. The highest BCUT2D eigenvalue weighted by Gasteiger charge is 2.34. The predicted octanol–water partition coefficient (Wildman–Crippen LogP) is 4.19. The van der Waals surface area contributed by atoms with Crippen molar-refractivity contribution in [3.05, 3.63) is 0 Å². The highest BCUT2D eigenvalue weighted by atomic mass is 19.4. The number of alkyl halides is 3. The highest BCUT2D eigenvalue weighted by Crippen LogP contribution is 2.41. The van der Waals surface area contributed by atoms with E-state index in [9.17, 15) is 13.2 Å². The summed E-state index contributed by atoms with van der Waals surface area (Å²) in [6, 6.07) is 0. The first-order valence-corrected chi connectivity index (χ1v) is 11.7. The van der Waals surface area contributed by atoms with Crippen molar-refractivity contribution in [2.45, 2.75) is 71.4 Å².